The quantitative estimate of drug-likeness (QED) is 0.731. The maximum Gasteiger partial charge on any atom is 0.242 e. The fraction of sp³-hybridized carbons (Fsp3) is 0.364. The zero-order valence-corrected chi connectivity index (χ0v) is 18.3. The molecule has 0 radical (unpaired) electrons. The number of rotatable bonds is 7. The summed E-state index contributed by atoms with van der Waals surface area (Å²) < 4.78 is 26.2. The van der Waals surface area contributed by atoms with Crippen LogP contribution in [-0.4, -0.2) is 45.2 Å². The van der Waals surface area contributed by atoms with Gasteiger partial charge in [-0.3, -0.25) is 9.59 Å². The van der Waals surface area contributed by atoms with Gasteiger partial charge in [-0.05, 0) is 35.7 Å². The van der Waals surface area contributed by atoms with E-state index >= 15 is 0 Å². The minimum Gasteiger partial charge on any atom is -0.352 e. The third-order valence-electron chi connectivity index (χ3n) is 5.31. The average molecular weight is 430 g/mol. The van der Waals surface area contributed by atoms with Crippen molar-refractivity contribution in [1.29, 1.82) is 0 Å². The van der Waals surface area contributed by atoms with Gasteiger partial charge in [0.2, 0.25) is 21.8 Å². The Morgan fingerprint density at radius 2 is 1.90 bits per heavy atom. The third kappa shape index (κ3) is 4.55. The monoisotopic (exact) mass is 429 g/mol. The lowest BCUT2D eigenvalue weighted by atomic mass is 10.1. The second-order valence-electron chi connectivity index (χ2n) is 7.54. The van der Waals surface area contributed by atoms with E-state index in [4.69, 9.17) is 0 Å². The van der Waals surface area contributed by atoms with E-state index in [-0.39, 0.29) is 29.7 Å². The summed E-state index contributed by atoms with van der Waals surface area (Å²) in [5.74, 6) is -0.811. The van der Waals surface area contributed by atoms with E-state index in [9.17, 15) is 18.0 Å². The first-order chi connectivity index (χ1) is 14.2. The van der Waals surface area contributed by atoms with Crippen LogP contribution < -0.4 is 10.2 Å². The SMILES string of the molecule is CCc1cccc(N2C[C@@H](C(=O)NCc3ccccc3S(=O)(=O)N(C)C)CC2=O)c1. The Labute approximate surface area is 177 Å². The number of carbonyl (C=O) groups is 2. The van der Waals surface area contributed by atoms with Crippen LogP contribution in [-0.2, 0) is 32.6 Å². The number of hydrogen-bond acceptors (Lipinski definition) is 4. The molecule has 1 heterocycles. The summed E-state index contributed by atoms with van der Waals surface area (Å²) in [5, 5.41) is 2.81. The van der Waals surface area contributed by atoms with Crippen LogP contribution in [0.2, 0.25) is 0 Å². The van der Waals surface area contributed by atoms with Gasteiger partial charge in [0.15, 0.2) is 0 Å². The molecule has 0 spiro atoms. The molecule has 8 heteroatoms. The van der Waals surface area contributed by atoms with Crippen LogP contribution in [0.15, 0.2) is 53.4 Å². The third-order valence-corrected chi connectivity index (χ3v) is 7.23. The molecule has 30 heavy (non-hydrogen) atoms. The van der Waals surface area contributed by atoms with E-state index in [2.05, 4.69) is 12.2 Å². The van der Waals surface area contributed by atoms with Crippen LogP contribution in [0.1, 0.15) is 24.5 Å². The highest BCUT2D eigenvalue weighted by atomic mass is 32.2. The largest absolute Gasteiger partial charge is 0.352 e. The maximum atomic E-state index is 12.7. The Kier molecular flexibility index (Phi) is 6.58. The number of amides is 2. The lowest BCUT2D eigenvalue weighted by Gasteiger charge is -2.18. The van der Waals surface area contributed by atoms with Gasteiger partial charge in [0.1, 0.15) is 0 Å². The fourth-order valence-electron chi connectivity index (χ4n) is 3.50. The van der Waals surface area contributed by atoms with E-state index in [0.29, 0.717) is 12.1 Å². The predicted octanol–water partition coefficient (Wildman–Crippen LogP) is 2.17. The Hall–Kier alpha value is -2.71. The maximum absolute atomic E-state index is 12.7. The lowest BCUT2D eigenvalue weighted by molar-refractivity contribution is -0.126. The summed E-state index contributed by atoms with van der Waals surface area (Å²) in [5.41, 5.74) is 2.44. The van der Waals surface area contributed by atoms with Gasteiger partial charge in [-0.1, -0.05) is 37.3 Å². The molecule has 2 aromatic carbocycles. The van der Waals surface area contributed by atoms with Crippen molar-refractivity contribution in [3.05, 3.63) is 59.7 Å². The molecule has 0 bridgehead atoms. The molecule has 1 aliphatic heterocycles. The van der Waals surface area contributed by atoms with Crippen LogP contribution in [0.3, 0.4) is 0 Å². The molecule has 0 aromatic heterocycles. The number of benzene rings is 2. The van der Waals surface area contributed by atoms with Crippen molar-refractivity contribution in [2.24, 2.45) is 5.92 Å². The molecule has 7 nitrogen and oxygen atoms in total. The summed E-state index contributed by atoms with van der Waals surface area (Å²) in [6, 6.07) is 14.4. The number of aryl methyl sites for hydroxylation is 1. The first-order valence-electron chi connectivity index (χ1n) is 9.91. The van der Waals surface area contributed by atoms with E-state index in [0.717, 1.165) is 22.0 Å². The number of nitrogens with zero attached hydrogens (tertiary/aromatic N) is 2. The second-order valence-corrected chi connectivity index (χ2v) is 9.66. The topological polar surface area (TPSA) is 86.8 Å². The number of hydrogen-bond donors (Lipinski definition) is 1. The zero-order chi connectivity index (χ0) is 21.9. The van der Waals surface area contributed by atoms with Gasteiger partial charge < -0.3 is 10.2 Å². The van der Waals surface area contributed by atoms with E-state index < -0.39 is 15.9 Å². The summed E-state index contributed by atoms with van der Waals surface area (Å²) in [6.45, 7) is 2.45. The Balaban J connectivity index is 1.69. The van der Waals surface area contributed by atoms with Gasteiger partial charge in [-0.25, -0.2) is 12.7 Å². The molecule has 2 aromatic rings. The van der Waals surface area contributed by atoms with E-state index in [1.165, 1.54) is 20.2 Å². The molecule has 0 saturated carbocycles. The van der Waals surface area contributed by atoms with Gasteiger partial charge >= 0.3 is 0 Å². The highest BCUT2D eigenvalue weighted by Crippen LogP contribution is 2.26. The fourth-order valence-corrected chi connectivity index (χ4v) is 4.62. The number of nitrogens with one attached hydrogen (secondary N) is 1. The number of carbonyl (C=O) groups excluding carboxylic acids is 2. The van der Waals surface area contributed by atoms with Gasteiger partial charge in [0.25, 0.3) is 0 Å². The number of sulfonamides is 1. The molecular formula is C22H27N3O4S. The summed E-state index contributed by atoms with van der Waals surface area (Å²) in [7, 11) is -0.677. The van der Waals surface area contributed by atoms with Crippen LogP contribution in [0.4, 0.5) is 5.69 Å². The van der Waals surface area contributed by atoms with Crippen LogP contribution >= 0.6 is 0 Å². The van der Waals surface area contributed by atoms with Gasteiger partial charge in [-0.2, -0.15) is 0 Å². The molecule has 3 rings (SSSR count). The minimum absolute atomic E-state index is 0.0814. The smallest absolute Gasteiger partial charge is 0.242 e. The van der Waals surface area contributed by atoms with Crippen LogP contribution in [0, 0.1) is 5.92 Å². The summed E-state index contributed by atoms with van der Waals surface area (Å²) >= 11 is 0. The molecular weight excluding hydrogens is 402 g/mol. The highest BCUT2D eigenvalue weighted by Gasteiger charge is 2.35. The molecule has 1 saturated heterocycles. The second kappa shape index (κ2) is 8.97. The molecule has 0 unspecified atom stereocenters. The molecule has 160 valence electrons. The summed E-state index contributed by atoms with van der Waals surface area (Å²) in [6.07, 6.45) is 1.01. The van der Waals surface area contributed by atoms with Crippen molar-refractivity contribution >= 4 is 27.5 Å². The van der Waals surface area contributed by atoms with E-state index in [1.807, 2.05) is 24.3 Å². The van der Waals surface area contributed by atoms with Crippen molar-refractivity contribution < 1.29 is 18.0 Å². The molecule has 1 fully saturated rings. The van der Waals surface area contributed by atoms with Crippen molar-refractivity contribution in [3.63, 3.8) is 0 Å². The van der Waals surface area contributed by atoms with Crippen molar-refractivity contribution in [1.82, 2.24) is 9.62 Å². The standard InChI is InChI=1S/C22H27N3O4S/c1-4-16-8-7-10-19(12-16)25-15-18(13-21(25)26)22(27)23-14-17-9-5-6-11-20(17)30(28,29)24(2)3/h5-12,18H,4,13-15H2,1-3H3,(H,23,27)/t18-/m0/s1. The van der Waals surface area contributed by atoms with Crippen molar-refractivity contribution in [3.8, 4) is 0 Å². The molecule has 2 amide bonds. The predicted molar refractivity (Wildman–Crippen MR) is 115 cm³/mol. The van der Waals surface area contributed by atoms with Crippen LogP contribution in [0.25, 0.3) is 0 Å². The van der Waals surface area contributed by atoms with Crippen molar-refractivity contribution in [2.75, 3.05) is 25.5 Å². The van der Waals surface area contributed by atoms with E-state index in [1.54, 1.807) is 23.1 Å². The summed E-state index contributed by atoms with van der Waals surface area (Å²) in [4.78, 5) is 27.0. The first kappa shape index (κ1) is 22.0. The molecule has 1 N–H and O–H groups in total. The lowest BCUT2D eigenvalue weighted by Crippen LogP contribution is -2.33. The average Bonchev–Trinajstić information content (AvgIpc) is 3.13. The van der Waals surface area contributed by atoms with Gasteiger partial charge in [0.05, 0.1) is 10.8 Å². The van der Waals surface area contributed by atoms with Crippen molar-refractivity contribution in [2.45, 2.75) is 31.2 Å². The Morgan fingerprint density at radius 1 is 1.17 bits per heavy atom. The zero-order valence-electron chi connectivity index (χ0n) is 17.5. The molecule has 0 aliphatic carbocycles. The Bertz CT molecular complexity index is 1050. The van der Waals surface area contributed by atoms with Gasteiger partial charge in [0, 0.05) is 39.3 Å². The number of anilines is 1. The Morgan fingerprint density at radius 3 is 2.60 bits per heavy atom. The van der Waals surface area contributed by atoms with Crippen LogP contribution in [0.5, 0.6) is 0 Å². The first-order valence-corrected chi connectivity index (χ1v) is 11.4. The molecule has 1 atom stereocenters. The minimum atomic E-state index is -3.62. The van der Waals surface area contributed by atoms with Gasteiger partial charge in [-0.15, -0.1) is 0 Å². The molecule has 1 aliphatic rings. The normalized spacial score (nSPS) is 16.9. The highest BCUT2D eigenvalue weighted by molar-refractivity contribution is 7.89.